The molecule has 26 heavy (non-hydrogen) atoms. The van der Waals surface area contributed by atoms with Crippen LogP contribution < -0.4 is 9.67 Å². The summed E-state index contributed by atoms with van der Waals surface area (Å²) in [5, 5.41) is 10.7. The summed E-state index contributed by atoms with van der Waals surface area (Å²) in [5.41, 5.74) is 0.157. The molecule has 0 saturated carbocycles. The van der Waals surface area contributed by atoms with Crippen LogP contribution in [0.1, 0.15) is 27.2 Å². The first-order chi connectivity index (χ1) is 12.2. The fraction of sp³-hybridized carbons (Fsp3) is 0.400. The van der Waals surface area contributed by atoms with Crippen molar-refractivity contribution in [2.45, 2.75) is 27.2 Å². The number of hydrogen-bond acceptors (Lipinski definition) is 8. The molecule has 1 rings (SSSR count). The topological polar surface area (TPSA) is 148 Å². The molecule has 0 aliphatic rings. The van der Waals surface area contributed by atoms with Gasteiger partial charge in [0.2, 0.25) is 0 Å². The Morgan fingerprint density at radius 1 is 1.08 bits per heavy atom. The number of anilines is 1. The average Bonchev–Trinajstić information content (AvgIpc) is 2.55. The Labute approximate surface area is 153 Å². The largest absolute Gasteiger partial charge is 0.466 e. The van der Waals surface area contributed by atoms with E-state index in [1.807, 2.05) is 0 Å². The van der Waals surface area contributed by atoms with Gasteiger partial charge in [0.05, 0.1) is 13.2 Å². The Morgan fingerprint density at radius 2 is 1.58 bits per heavy atom. The van der Waals surface area contributed by atoms with E-state index in [1.54, 1.807) is 19.9 Å². The number of ether oxygens (including phenoxy) is 2. The van der Waals surface area contributed by atoms with E-state index in [0.29, 0.717) is 0 Å². The zero-order chi connectivity index (χ0) is 20.2. The standard InChI is InChI=1S/C8H10AsNO5.C7H12O4/c1-6(11)10-8-5-3-2-4-7(8)9(12,13)15-14;1-3-10-6(8)5-7(9)11-4-2/h2-5,14H,1H3,(H,10,11)(H,12,13);3-5H2,1-2H3. The van der Waals surface area contributed by atoms with Crippen LogP contribution in [0.25, 0.3) is 0 Å². The van der Waals surface area contributed by atoms with Crippen LogP contribution in [0, 0.1) is 0 Å². The molecule has 0 saturated heterocycles. The molecule has 10 nitrogen and oxygen atoms in total. The van der Waals surface area contributed by atoms with Crippen molar-refractivity contribution in [3.05, 3.63) is 24.3 Å². The smallest absolute Gasteiger partial charge is 0.317 e. The molecule has 1 aromatic rings. The van der Waals surface area contributed by atoms with Crippen molar-refractivity contribution in [2.24, 2.45) is 0 Å². The molecule has 0 fully saturated rings. The van der Waals surface area contributed by atoms with Crippen molar-refractivity contribution in [2.75, 3.05) is 18.5 Å². The number of carbonyl (C=O) groups is 3. The molecule has 0 radical (unpaired) electrons. The van der Waals surface area contributed by atoms with Crippen LogP contribution in [0.4, 0.5) is 5.69 Å². The Hall–Kier alpha value is -2.13. The van der Waals surface area contributed by atoms with E-state index in [0.717, 1.165) is 0 Å². The van der Waals surface area contributed by atoms with Gasteiger partial charge in [0.25, 0.3) is 0 Å². The third-order valence-corrected chi connectivity index (χ3v) is 5.09. The summed E-state index contributed by atoms with van der Waals surface area (Å²) >= 11 is -4.92. The zero-order valence-corrected chi connectivity index (χ0v) is 16.5. The number of nitrogens with one attached hydrogen (secondary N) is 1. The van der Waals surface area contributed by atoms with Crippen LogP contribution in [-0.2, 0) is 31.5 Å². The number of esters is 2. The molecule has 0 heterocycles. The maximum atomic E-state index is 11.4. The molecule has 0 aliphatic carbocycles. The second-order valence-electron chi connectivity index (χ2n) is 4.59. The normalized spacial score (nSPS) is 12.0. The molecule has 0 bridgehead atoms. The number of carbonyl (C=O) groups excluding carboxylic acids is 3. The summed E-state index contributed by atoms with van der Waals surface area (Å²) in [4.78, 5) is 32.0. The molecule has 0 aromatic heterocycles. The molecule has 1 unspecified atom stereocenters. The van der Waals surface area contributed by atoms with Gasteiger partial charge in [-0.3, -0.25) is 9.59 Å². The SMILES string of the molecule is CC(=O)Nc1ccccc1[As](=O)(O)OO.CCOC(=O)CC(=O)OCC. The number of hydrogen-bond donors (Lipinski definition) is 3. The minimum atomic E-state index is -4.92. The van der Waals surface area contributed by atoms with Crippen molar-refractivity contribution in [3.8, 4) is 0 Å². The van der Waals surface area contributed by atoms with Gasteiger partial charge in [-0.2, -0.15) is 0 Å². The van der Waals surface area contributed by atoms with Crippen LogP contribution in [0.15, 0.2) is 24.3 Å². The zero-order valence-electron chi connectivity index (χ0n) is 14.6. The number of rotatable bonds is 7. The molecule has 1 atom stereocenters. The molecule has 11 heteroatoms. The first kappa shape index (κ1) is 23.9. The van der Waals surface area contributed by atoms with E-state index in [1.165, 1.54) is 25.1 Å². The summed E-state index contributed by atoms with van der Waals surface area (Å²) in [6.45, 7) is 5.22. The Morgan fingerprint density at radius 3 is 2.00 bits per heavy atom. The van der Waals surface area contributed by atoms with Gasteiger partial charge >= 0.3 is 100 Å². The quantitative estimate of drug-likeness (QED) is 0.180. The minimum Gasteiger partial charge on any atom is -0.466 e. The first-order valence-electron chi connectivity index (χ1n) is 7.52. The summed E-state index contributed by atoms with van der Waals surface area (Å²) in [5.74, 6) is -1.45. The van der Waals surface area contributed by atoms with Gasteiger partial charge in [0, 0.05) is 0 Å². The van der Waals surface area contributed by atoms with Gasteiger partial charge in [-0.1, -0.05) is 0 Å². The van der Waals surface area contributed by atoms with Gasteiger partial charge in [0.1, 0.15) is 6.42 Å². The van der Waals surface area contributed by atoms with E-state index in [9.17, 15) is 22.2 Å². The van der Waals surface area contributed by atoms with Crippen LogP contribution in [0.5, 0.6) is 0 Å². The fourth-order valence-electron chi connectivity index (χ4n) is 1.60. The maximum Gasteiger partial charge on any atom is 0.317 e. The van der Waals surface area contributed by atoms with E-state index in [2.05, 4.69) is 18.7 Å². The third-order valence-electron chi connectivity index (χ3n) is 2.53. The van der Waals surface area contributed by atoms with Crippen LogP contribution >= 0.6 is 0 Å². The number of para-hydroxylation sites is 1. The Bertz CT molecular complexity index is 646. The van der Waals surface area contributed by atoms with E-state index in [-0.39, 0.29) is 35.6 Å². The Balaban J connectivity index is 0.000000508. The summed E-state index contributed by atoms with van der Waals surface area (Å²) < 4.78 is 33.2. The Kier molecular flexibility index (Phi) is 11.3. The van der Waals surface area contributed by atoms with Gasteiger partial charge in [-0.05, 0) is 13.8 Å². The van der Waals surface area contributed by atoms with Crippen LogP contribution in [0.2, 0.25) is 0 Å². The minimum absolute atomic E-state index is 0.103. The van der Waals surface area contributed by atoms with E-state index >= 15 is 0 Å². The van der Waals surface area contributed by atoms with Gasteiger partial charge in [-0.15, -0.1) is 0 Å². The maximum absolute atomic E-state index is 11.4. The van der Waals surface area contributed by atoms with Crippen LogP contribution in [-0.4, -0.2) is 54.6 Å². The van der Waals surface area contributed by atoms with Crippen molar-refractivity contribution < 1.29 is 40.8 Å². The fourth-order valence-corrected chi connectivity index (χ4v) is 3.27. The molecule has 3 N–H and O–H groups in total. The monoisotopic (exact) mass is 435 g/mol. The molecule has 0 spiro atoms. The van der Waals surface area contributed by atoms with Gasteiger partial charge in [-0.25, -0.2) is 0 Å². The first-order valence-corrected chi connectivity index (χ1v) is 10.8. The predicted molar refractivity (Wildman–Crippen MR) is 90.6 cm³/mol. The average molecular weight is 435 g/mol. The van der Waals surface area contributed by atoms with Crippen molar-refractivity contribution in [1.82, 2.24) is 0 Å². The molecule has 1 aromatic carbocycles. The van der Waals surface area contributed by atoms with Gasteiger partial charge in [0.15, 0.2) is 0 Å². The molecular formula is C15H22AsNO9. The number of amides is 1. The van der Waals surface area contributed by atoms with E-state index < -0.39 is 26.1 Å². The van der Waals surface area contributed by atoms with E-state index in [4.69, 9.17) is 5.26 Å². The third kappa shape index (κ3) is 9.38. The summed E-state index contributed by atoms with van der Waals surface area (Å²) in [7, 11) is 0. The summed E-state index contributed by atoms with van der Waals surface area (Å²) in [6.07, 6.45) is -0.290. The van der Waals surface area contributed by atoms with Crippen LogP contribution in [0.3, 0.4) is 0 Å². The van der Waals surface area contributed by atoms with Gasteiger partial charge < -0.3 is 9.47 Å². The molecule has 146 valence electrons. The molecule has 1 amide bonds. The van der Waals surface area contributed by atoms with Crippen molar-refractivity contribution in [3.63, 3.8) is 0 Å². The predicted octanol–water partition coefficient (Wildman–Crippen LogP) is 0.206. The number of benzene rings is 1. The van der Waals surface area contributed by atoms with Crippen molar-refractivity contribution >= 4 is 42.1 Å². The summed E-state index contributed by atoms with van der Waals surface area (Å²) in [6, 6.07) is 5.84. The second kappa shape index (κ2) is 12.3. The molecule has 0 aliphatic heterocycles. The second-order valence-corrected chi connectivity index (χ2v) is 8.12. The molecular weight excluding hydrogens is 413 g/mol. The van der Waals surface area contributed by atoms with Crippen molar-refractivity contribution in [1.29, 1.82) is 0 Å².